The molecule has 1 N–H and O–H groups in total. The minimum absolute atomic E-state index is 0.473. The van der Waals surface area contributed by atoms with Gasteiger partial charge in [-0.05, 0) is 45.4 Å². The van der Waals surface area contributed by atoms with E-state index in [4.69, 9.17) is 0 Å². The number of rotatable bonds is 3. The Morgan fingerprint density at radius 1 is 1.29 bits per heavy atom. The molecule has 0 amide bonds. The van der Waals surface area contributed by atoms with Crippen LogP contribution in [0, 0.1) is 6.92 Å². The molecule has 1 heterocycles. The second-order valence-corrected chi connectivity index (χ2v) is 6.54. The Balaban J connectivity index is 2.23. The Hall–Kier alpha value is -0.160. The number of aliphatic hydroxyl groups is 1. The number of aliphatic hydroxyl groups excluding tert-OH is 1. The largest absolute Gasteiger partial charge is 0.388 e. The highest BCUT2D eigenvalue weighted by molar-refractivity contribution is 9.10. The van der Waals surface area contributed by atoms with E-state index >= 15 is 0 Å². The number of hydrogen-bond donors (Lipinski definition) is 1. The van der Waals surface area contributed by atoms with Crippen LogP contribution in [0.25, 0.3) is 0 Å². The SMILES string of the molecule is Cc1cccc(C(O)Cc2sccc2Br)c1Br. The van der Waals surface area contributed by atoms with Crippen LogP contribution in [0.4, 0.5) is 0 Å². The molecule has 0 bridgehead atoms. The normalized spacial score (nSPS) is 12.7. The van der Waals surface area contributed by atoms with Crippen molar-refractivity contribution in [2.75, 3.05) is 0 Å². The molecule has 1 aromatic carbocycles. The average Bonchev–Trinajstić information content (AvgIpc) is 2.68. The van der Waals surface area contributed by atoms with E-state index in [1.165, 1.54) is 4.88 Å². The fourth-order valence-electron chi connectivity index (χ4n) is 1.68. The fraction of sp³-hybridized carbons (Fsp3) is 0.231. The Labute approximate surface area is 122 Å². The molecule has 0 aliphatic rings. The summed E-state index contributed by atoms with van der Waals surface area (Å²) in [6, 6.07) is 7.98. The van der Waals surface area contributed by atoms with Crippen molar-refractivity contribution in [3.8, 4) is 0 Å². The van der Waals surface area contributed by atoms with Crippen molar-refractivity contribution >= 4 is 43.2 Å². The van der Waals surface area contributed by atoms with E-state index in [0.717, 1.165) is 20.1 Å². The van der Waals surface area contributed by atoms with Gasteiger partial charge in [-0.3, -0.25) is 0 Å². The standard InChI is InChI=1S/C13H12Br2OS/c1-8-3-2-4-9(13(8)15)11(16)7-12-10(14)5-6-17-12/h2-6,11,16H,7H2,1H3. The van der Waals surface area contributed by atoms with Crippen LogP contribution in [0.3, 0.4) is 0 Å². The van der Waals surface area contributed by atoms with Crippen molar-refractivity contribution in [1.82, 2.24) is 0 Å². The van der Waals surface area contributed by atoms with Crippen LogP contribution < -0.4 is 0 Å². The number of halogens is 2. The molecule has 1 nitrogen and oxygen atoms in total. The summed E-state index contributed by atoms with van der Waals surface area (Å²) in [5.41, 5.74) is 2.09. The van der Waals surface area contributed by atoms with E-state index in [1.54, 1.807) is 11.3 Å². The van der Waals surface area contributed by atoms with E-state index in [0.29, 0.717) is 6.42 Å². The van der Waals surface area contributed by atoms with Crippen LogP contribution in [0.15, 0.2) is 38.6 Å². The lowest BCUT2D eigenvalue weighted by Gasteiger charge is -2.13. The molecule has 2 aromatic rings. The van der Waals surface area contributed by atoms with Gasteiger partial charge in [-0.1, -0.05) is 34.1 Å². The van der Waals surface area contributed by atoms with Crippen molar-refractivity contribution in [2.24, 2.45) is 0 Å². The molecule has 0 saturated heterocycles. The monoisotopic (exact) mass is 374 g/mol. The highest BCUT2D eigenvalue weighted by Crippen LogP contribution is 2.32. The van der Waals surface area contributed by atoms with Gasteiger partial charge in [0.15, 0.2) is 0 Å². The lowest BCUT2D eigenvalue weighted by molar-refractivity contribution is 0.178. The molecule has 0 aliphatic carbocycles. The van der Waals surface area contributed by atoms with E-state index in [-0.39, 0.29) is 0 Å². The maximum absolute atomic E-state index is 10.3. The van der Waals surface area contributed by atoms with Crippen LogP contribution in [-0.4, -0.2) is 5.11 Å². The predicted octanol–water partition coefficient (Wildman–Crippen LogP) is 4.86. The topological polar surface area (TPSA) is 20.2 Å². The maximum Gasteiger partial charge on any atom is 0.0849 e. The van der Waals surface area contributed by atoms with Gasteiger partial charge in [-0.2, -0.15) is 0 Å². The molecule has 0 radical (unpaired) electrons. The summed E-state index contributed by atoms with van der Waals surface area (Å²) in [5, 5.41) is 12.3. The van der Waals surface area contributed by atoms with Crippen LogP contribution in [-0.2, 0) is 6.42 Å². The number of hydrogen-bond acceptors (Lipinski definition) is 2. The smallest absolute Gasteiger partial charge is 0.0849 e. The summed E-state index contributed by atoms with van der Waals surface area (Å²) in [6.45, 7) is 2.03. The quantitative estimate of drug-likeness (QED) is 0.812. The predicted molar refractivity (Wildman–Crippen MR) is 79.6 cm³/mol. The highest BCUT2D eigenvalue weighted by atomic mass is 79.9. The lowest BCUT2D eigenvalue weighted by atomic mass is 10.0. The van der Waals surface area contributed by atoms with Crippen molar-refractivity contribution in [2.45, 2.75) is 19.4 Å². The van der Waals surface area contributed by atoms with Crippen LogP contribution >= 0.6 is 43.2 Å². The summed E-state index contributed by atoms with van der Waals surface area (Å²) in [6.07, 6.45) is 0.166. The first-order chi connectivity index (χ1) is 8.09. The zero-order valence-electron chi connectivity index (χ0n) is 9.28. The Bertz CT molecular complexity index is 522. The molecule has 1 atom stereocenters. The first-order valence-electron chi connectivity index (χ1n) is 5.24. The first kappa shape index (κ1) is 13.3. The number of aryl methyl sites for hydroxylation is 1. The molecular weight excluding hydrogens is 364 g/mol. The van der Waals surface area contributed by atoms with E-state index < -0.39 is 6.10 Å². The van der Waals surface area contributed by atoms with Crippen molar-refractivity contribution in [3.63, 3.8) is 0 Å². The third-order valence-corrected chi connectivity index (χ3v) is 5.68. The molecule has 0 spiro atoms. The molecule has 0 saturated carbocycles. The van der Waals surface area contributed by atoms with Gasteiger partial charge in [0, 0.05) is 20.2 Å². The molecule has 0 fully saturated rings. The summed E-state index contributed by atoms with van der Waals surface area (Å²) in [7, 11) is 0. The minimum atomic E-state index is -0.473. The Kier molecular flexibility index (Phi) is 4.42. The van der Waals surface area contributed by atoms with Gasteiger partial charge >= 0.3 is 0 Å². The molecule has 0 aliphatic heterocycles. The summed E-state index contributed by atoms with van der Waals surface area (Å²) in [5.74, 6) is 0. The zero-order valence-corrected chi connectivity index (χ0v) is 13.3. The first-order valence-corrected chi connectivity index (χ1v) is 7.71. The molecule has 90 valence electrons. The second kappa shape index (κ2) is 5.65. The molecule has 17 heavy (non-hydrogen) atoms. The lowest BCUT2D eigenvalue weighted by Crippen LogP contribution is -2.02. The molecule has 4 heteroatoms. The molecule has 2 rings (SSSR count). The van der Waals surface area contributed by atoms with Crippen LogP contribution in [0.5, 0.6) is 0 Å². The van der Waals surface area contributed by atoms with Gasteiger partial charge in [0.05, 0.1) is 6.10 Å². The summed E-state index contributed by atoms with van der Waals surface area (Å²) < 4.78 is 2.07. The van der Waals surface area contributed by atoms with Gasteiger partial charge in [0.1, 0.15) is 0 Å². The Morgan fingerprint density at radius 2 is 2.06 bits per heavy atom. The highest BCUT2D eigenvalue weighted by Gasteiger charge is 2.15. The van der Waals surface area contributed by atoms with E-state index in [2.05, 4.69) is 31.9 Å². The van der Waals surface area contributed by atoms with Gasteiger partial charge in [0.25, 0.3) is 0 Å². The summed E-state index contributed by atoms with van der Waals surface area (Å²) >= 11 is 8.68. The third kappa shape index (κ3) is 2.99. The molecular formula is C13H12Br2OS. The number of thiophene rings is 1. The zero-order chi connectivity index (χ0) is 12.4. The van der Waals surface area contributed by atoms with E-state index in [1.807, 2.05) is 36.6 Å². The molecule has 1 unspecified atom stereocenters. The fourth-order valence-corrected chi connectivity index (χ4v) is 3.76. The van der Waals surface area contributed by atoms with Crippen LogP contribution in [0.2, 0.25) is 0 Å². The van der Waals surface area contributed by atoms with Crippen molar-refractivity contribution in [3.05, 3.63) is 54.6 Å². The molecule has 1 aromatic heterocycles. The average molecular weight is 376 g/mol. The second-order valence-electron chi connectivity index (χ2n) is 3.89. The van der Waals surface area contributed by atoms with Gasteiger partial charge in [-0.25, -0.2) is 0 Å². The van der Waals surface area contributed by atoms with Crippen molar-refractivity contribution < 1.29 is 5.11 Å². The third-order valence-electron chi connectivity index (χ3n) is 2.65. The van der Waals surface area contributed by atoms with Gasteiger partial charge in [-0.15, -0.1) is 11.3 Å². The van der Waals surface area contributed by atoms with Crippen molar-refractivity contribution in [1.29, 1.82) is 0 Å². The Morgan fingerprint density at radius 3 is 2.71 bits per heavy atom. The van der Waals surface area contributed by atoms with Gasteiger partial charge < -0.3 is 5.11 Å². The van der Waals surface area contributed by atoms with Gasteiger partial charge in [0.2, 0.25) is 0 Å². The number of benzene rings is 1. The van der Waals surface area contributed by atoms with Crippen LogP contribution in [0.1, 0.15) is 22.1 Å². The maximum atomic E-state index is 10.3. The summed E-state index contributed by atoms with van der Waals surface area (Å²) in [4.78, 5) is 1.17. The minimum Gasteiger partial charge on any atom is -0.388 e. The van der Waals surface area contributed by atoms with E-state index in [9.17, 15) is 5.11 Å².